The molecule has 0 aromatic heterocycles. The third kappa shape index (κ3) is 4.10. The van der Waals surface area contributed by atoms with Crippen LogP contribution in [0.5, 0.6) is 0 Å². The number of aliphatic carboxylic acids is 1. The molecule has 20 heavy (non-hydrogen) atoms. The van der Waals surface area contributed by atoms with Crippen molar-refractivity contribution in [1.82, 2.24) is 10.2 Å². The number of hydrogen-bond donors (Lipinski definition) is 3. The number of rotatable bonds is 7. The number of carboxylic acid groups (broad SMARTS) is 1. The second-order valence-corrected chi connectivity index (χ2v) is 5.67. The third-order valence-electron chi connectivity index (χ3n) is 3.94. The lowest BCUT2D eigenvalue weighted by Gasteiger charge is -2.31. The quantitative estimate of drug-likeness (QED) is 0.662. The van der Waals surface area contributed by atoms with E-state index in [-0.39, 0.29) is 18.7 Å². The van der Waals surface area contributed by atoms with Crippen LogP contribution in [0.4, 0.5) is 4.79 Å². The molecular formula is C14H26N2O4. The van der Waals surface area contributed by atoms with Gasteiger partial charge in [-0.15, -0.1) is 0 Å². The van der Waals surface area contributed by atoms with Gasteiger partial charge >= 0.3 is 12.0 Å². The van der Waals surface area contributed by atoms with E-state index in [1.54, 1.807) is 11.8 Å². The third-order valence-corrected chi connectivity index (χ3v) is 3.94. The van der Waals surface area contributed by atoms with Gasteiger partial charge in [-0.05, 0) is 39.0 Å². The number of hydrogen-bond acceptors (Lipinski definition) is 3. The minimum atomic E-state index is -1.21. The van der Waals surface area contributed by atoms with E-state index < -0.39 is 11.5 Å². The van der Waals surface area contributed by atoms with Crippen LogP contribution in [-0.2, 0) is 4.79 Å². The SMILES string of the molecule is CCCC(C)(NC(=O)N1CCCC1CCCO)C(=O)O. The molecule has 0 saturated carbocycles. The van der Waals surface area contributed by atoms with E-state index in [0.29, 0.717) is 25.8 Å². The summed E-state index contributed by atoms with van der Waals surface area (Å²) in [5.41, 5.74) is -1.21. The fourth-order valence-corrected chi connectivity index (χ4v) is 2.76. The Labute approximate surface area is 120 Å². The highest BCUT2D eigenvalue weighted by Crippen LogP contribution is 2.22. The predicted molar refractivity (Wildman–Crippen MR) is 75.5 cm³/mol. The molecule has 1 rings (SSSR count). The first-order valence-electron chi connectivity index (χ1n) is 7.37. The summed E-state index contributed by atoms with van der Waals surface area (Å²) in [4.78, 5) is 25.4. The molecule has 2 atom stereocenters. The number of amides is 2. The smallest absolute Gasteiger partial charge is 0.329 e. The van der Waals surface area contributed by atoms with Crippen molar-refractivity contribution in [3.63, 3.8) is 0 Å². The van der Waals surface area contributed by atoms with Gasteiger partial charge in [0.05, 0.1) is 0 Å². The number of nitrogens with one attached hydrogen (secondary N) is 1. The van der Waals surface area contributed by atoms with Crippen LogP contribution in [0, 0.1) is 0 Å². The van der Waals surface area contributed by atoms with E-state index in [1.807, 2.05) is 6.92 Å². The Morgan fingerprint density at radius 3 is 2.70 bits per heavy atom. The lowest BCUT2D eigenvalue weighted by atomic mass is 9.96. The maximum absolute atomic E-state index is 12.3. The van der Waals surface area contributed by atoms with Gasteiger partial charge in [0.2, 0.25) is 0 Å². The van der Waals surface area contributed by atoms with E-state index in [9.17, 15) is 14.7 Å². The van der Waals surface area contributed by atoms with Crippen LogP contribution in [0.3, 0.4) is 0 Å². The van der Waals surface area contributed by atoms with Gasteiger partial charge in [-0.1, -0.05) is 13.3 Å². The van der Waals surface area contributed by atoms with Crippen molar-refractivity contribution in [3.8, 4) is 0 Å². The maximum Gasteiger partial charge on any atom is 0.329 e. The minimum Gasteiger partial charge on any atom is -0.480 e. The van der Waals surface area contributed by atoms with Crippen molar-refractivity contribution in [1.29, 1.82) is 0 Å². The van der Waals surface area contributed by atoms with Crippen LogP contribution >= 0.6 is 0 Å². The lowest BCUT2D eigenvalue weighted by molar-refractivity contribution is -0.144. The number of likely N-dealkylation sites (tertiary alicyclic amines) is 1. The molecule has 0 bridgehead atoms. The van der Waals surface area contributed by atoms with Crippen LogP contribution < -0.4 is 5.32 Å². The van der Waals surface area contributed by atoms with E-state index in [2.05, 4.69) is 5.32 Å². The first-order valence-corrected chi connectivity index (χ1v) is 7.37. The zero-order valence-electron chi connectivity index (χ0n) is 12.4. The van der Waals surface area contributed by atoms with E-state index in [4.69, 9.17) is 5.11 Å². The number of aliphatic hydroxyl groups excluding tert-OH is 1. The number of urea groups is 1. The second kappa shape index (κ2) is 7.47. The molecule has 1 aliphatic rings. The highest BCUT2D eigenvalue weighted by Gasteiger charge is 2.37. The Morgan fingerprint density at radius 2 is 2.15 bits per heavy atom. The molecule has 0 aromatic carbocycles. The summed E-state index contributed by atoms with van der Waals surface area (Å²) in [5.74, 6) is -1.00. The average Bonchev–Trinajstić information content (AvgIpc) is 2.84. The van der Waals surface area contributed by atoms with Crippen LogP contribution in [0.25, 0.3) is 0 Å². The van der Waals surface area contributed by atoms with Crippen molar-refractivity contribution in [2.75, 3.05) is 13.2 Å². The van der Waals surface area contributed by atoms with Crippen molar-refractivity contribution >= 4 is 12.0 Å². The Hall–Kier alpha value is -1.30. The molecule has 0 spiro atoms. The Kier molecular flexibility index (Phi) is 6.26. The van der Waals surface area contributed by atoms with E-state index in [1.165, 1.54) is 0 Å². The van der Waals surface area contributed by atoms with Gasteiger partial charge in [-0.2, -0.15) is 0 Å². The van der Waals surface area contributed by atoms with Gasteiger partial charge in [-0.25, -0.2) is 9.59 Å². The fourth-order valence-electron chi connectivity index (χ4n) is 2.76. The molecule has 1 saturated heterocycles. The highest BCUT2D eigenvalue weighted by molar-refractivity contribution is 5.86. The minimum absolute atomic E-state index is 0.113. The topological polar surface area (TPSA) is 89.9 Å². The number of carboxylic acids is 1. The summed E-state index contributed by atoms with van der Waals surface area (Å²) in [5, 5.41) is 20.8. The van der Waals surface area contributed by atoms with Gasteiger partial charge in [0.1, 0.15) is 5.54 Å². The highest BCUT2D eigenvalue weighted by atomic mass is 16.4. The molecule has 0 radical (unpaired) electrons. The van der Waals surface area contributed by atoms with Gasteiger partial charge in [0, 0.05) is 19.2 Å². The van der Waals surface area contributed by atoms with Crippen molar-refractivity contribution in [2.45, 2.75) is 64.0 Å². The average molecular weight is 286 g/mol. The van der Waals surface area contributed by atoms with Crippen molar-refractivity contribution in [2.24, 2.45) is 0 Å². The number of aliphatic hydroxyl groups is 1. The molecule has 2 amide bonds. The van der Waals surface area contributed by atoms with E-state index >= 15 is 0 Å². The zero-order valence-corrected chi connectivity index (χ0v) is 12.4. The molecular weight excluding hydrogens is 260 g/mol. The fraction of sp³-hybridized carbons (Fsp3) is 0.857. The molecule has 0 aliphatic carbocycles. The van der Waals surface area contributed by atoms with Crippen molar-refractivity contribution in [3.05, 3.63) is 0 Å². The summed E-state index contributed by atoms with van der Waals surface area (Å²) in [6.07, 6.45) is 4.38. The molecule has 1 fully saturated rings. The van der Waals surface area contributed by atoms with Gasteiger partial charge in [-0.3, -0.25) is 0 Å². The molecule has 1 aliphatic heterocycles. The molecule has 116 valence electrons. The van der Waals surface area contributed by atoms with Gasteiger partial charge < -0.3 is 20.4 Å². The normalized spacial score (nSPS) is 21.6. The summed E-state index contributed by atoms with van der Waals surface area (Å²) in [6.45, 7) is 4.22. The Morgan fingerprint density at radius 1 is 1.45 bits per heavy atom. The summed E-state index contributed by atoms with van der Waals surface area (Å²) in [6, 6.07) is -0.189. The van der Waals surface area contributed by atoms with Crippen molar-refractivity contribution < 1.29 is 19.8 Å². The van der Waals surface area contributed by atoms with Crippen LogP contribution in [-0.4, -0.2) is 51.8 Å². The van der Waals surface area contributed by atoms with Crippen LogP contribution in [0.2, 0.25) is 0 Å². The zero-order chi connectivity index (χ0) is 15.2. The molecule has 3 N–H and O–H groups in total. The second-order valence-electron chi connectivity index (χ2n) is 5.67. The lowest BCUT2D eigenvalue weighted by Crippen LogP contribution is -2.56. The molecule has 2 unspecified atom stereocenters. The largest absolute Gasteiger partial charge is 0.480 e. The Bertz CT molecular complexity index is 348. The standard InChI is InChI=1S/C14H26N2O4/c1-3-8-14(2,12(18)19)15-13(20)16-9-4-6-11(16)7-5-10-17/h11,17H,3-10H2,1-2H3,(H,15,20)(H,18,19). The summed E-state index contributed by atoms with van der Waals surface area (Å²) in [7, 11) is 0. The summed E-state index contributed by atoms with van der Waals surface area (Å²) < 4.78 is 0. The first kappa shape index (κ1) is 16.8. The van der Waals surface area contributed by atoms with Crippen LogP contribution in [0.1, 0.15) is 52.4 Å². The van der Waals surface area contributed by atoms with Gasteiger partial charge in [0.25, 0.3) is 0 Å². The number of carbonyl (C=O) groups is 2. The predicted octanol–water partition coefficient (Wildman–Crippen LogP) is 1.58. The van der Waals surface area contributed by atoms with E-state index in [0.717, 1.165) is 19.3 Å². The molecule has 6 heteroatoms. The first-order chi connectivity index (χ1) is 9.44. The monoisotopic (exact) mass is 286 g/mol. The molecule has 6 nitrogen and oxygen atoms in total. The number of nitrogens with zero attached hydrogens (tertiary/aromatic N) is 1. The summed E-state index contributed by atoms with van der Waals surface area (Å²) >= 11 is 0. The maximum atomic E-state index is 12.3. The Balaban J connectivity index is 2.66. The molecule has 1 heterocycles. The molecule has 0 aromatic rings. The van der Waals surface area contributed by atoms with Crippen LogP contribution in [0.15, 0.2) is 0 Å². The number of carbonyl (C=O) groups excluding carboxylic acids is 1. The van der Waals surface area contributed by atoms with Gasteiger partial charge in [0.15, 0.2) is 0 Å².